The van der Waals surface area contributed by atoms with Crippen LogP contribution >= 0.6 is 0 Å². The Labute approximate surface area is 216 Å². The number of hydrogen-bond donors (Lipinski definition) is 1. The molecule has 0 saturated carbocycles. The van der Waals surface area contributed by atoms with Crippen molar-refractivity contribution in [1.29, 1.82) is 0 Å². The molecule has 0 aliphatic carbocycles. The van der Waals surface area contributed by atoms with E-state index in [2.05, 4.69) is 4.74 Å². The number of ether oxygens (including phenoxy) is 7. The van der Waals surface area contributed by atoms with E-state index in [0.717, 1.165) is 0 Å². The summed E-state index contributed by atoms with van der Waals surface area (Å²) in [6.45, 7) is 10.2. The third-order valence-electron chi connectivity index (χ3n) is 4.91. The largest absolute Gasteiger partial charge is 0.514 e. The minimum absolute atomic E-state index is 0.00134. The minimum Gasteiger partial charge on any atom is -0.458 e. The lowest BCUT2D eigenvalue weighted by atomic mass is 10.1. The van der Waals surface area contributed by atoms with Crippen molar-refractivity contribution in [3.63, 3.8) is 0 Å². The number of esters is 1. The molecule has 0 aliphatic rings. The first-order valence-corrected chi connectivity index (χ1v) is 12.1. The molecule has 2 N–H and O–H groups in total. The smallest absolute Gasteiger partial charge is 0.458 e. The number of nitrogens with two attached hydrogens (primary N) is 1. The van der Waals surface area contributed by atoms with Crippen molar-refractivity contribution in [3.8, 4) is 11.5 Å². The molecule has 1 rings (SSSR count). The summed E-state index contributed by atoms with van der Waals surface area (Å²) in [5, 5.41) is 0. The molecule has 0 bridgehead atoms. The molecule has 208 valence electrons. The molecule has 0 fully saturated rings. The fourth-order valence-corrected chi connectivity index (χ4v) is 2.57. The van der Waals surface area contributed by atoms with Crippen LogP contribution in [-0.4, -0.2) is 62.0 Å². The van der Waals surface area contributed by atoms with E-state index < -0.39 is 42.7 Å². The zero-order chi connectivity index (χ0) is 28.0. The van der Waals surface area contributed by atoms with Gasteiger partial charge < -0.3 is 38.9 Å². The monoisotopic (exact) mass is 527 g/mol. The molecule has 0 spiro atoms. The maximum absolute atomic E-state index is 12.4. The number of rotatable bonds is 13. The average Bonchev–Trinajstić information content (AvgIpc) is 2.84. The highest BCUT2D eigenvalue weighted by Crippen LogP contribution is 2.30. The second-order valence-electron chi connectivity index (χ2n) is 8.21. The van der Waals surface area contributed by atoms with Gasteiger partial charge >= 0.3 is 24.4 Å². The van der Waals surface area contributed by atoms with Crippen LogP contribution in [0.2, 0.25) is 0 Å². The van der Waals surface area contributed by atoms with E-state index in [1.54, 1.807) is 26.8 Å². The normalized spacial score (nSPS) is 13.8. The Morgan fingerprint density at radius 2 is 1.32 bits per heavy atom. The molecule has 2 unspecified atom stereocenters. The molecular formula is C25H37NO11. The topological polar surface area (TPSA) is 159 Å². The van der Waals surface area contributed by atoms with Crippen LogP contribution in [0.3, 0.4) is 0 Å². The standard InChI is InChI=1S/C25H37NO11/c1-7-15(4)34-24(29)36-20-11-10-18(13-21(20)37-25(30)35-16(5)8-2)12-19(26)22(27)33-17(6)14-32-23(28)31-9-3/h10-11,13,15-17,19H,7-9,12,14,26H2,1-6H3/t15-,16?,17?,19-/m0/s1. The predicted octanol–water partition coefficient (Wildman–Crippen LogP) is 4.29. The second kappa shape index (κ2) is 16.3. The third kappa shape index (κ3) is 12.3. The van der Waals surface area contributed by atoms with Crippen LogP contribution < -0.4 is 15.2 Å². The van der Waals surface area contributed by atoms with Gasteiger partial charge in [-0.1, -0.05) is 19.9 Å². The van der Waals surface area contributed by atoms with E-state index in [0.29, 0.717) is 18.4 Å². The summed E-state index contributed by atoms with van der Waals surface area (Å²) >= 11 is 0. The first kappa shape index (κ1) is 31.5. The summed E-state index contributed by atoms with van der Waals surface area (Å²) < 4.78 is 35.3. The van der Waals surface area contributed by atoms with Crippen molar-refractivity contribution in [2.24, 2.45) is 5.73 Å². The molecule has 0 saturated heterocycles. The molecule has 0 aliphatic heterocycles. The molecule has 1 aromatic carbocycles. The van der Waals surface area contributed by atoms with E-state index in [1.165, 1.54) is 19.1 Å². The summed E-state index contributed by atoms with van der Waals surface area (Å²) in [4.78, 5) is 47.9. The van der Waals surface area contributed by atoms with Gasteiger partial charge in [-0.25, -0.2) is 14.4 Å². The minimum atomic E-state index is -1.09. The summed E-state index contributed by atoms with van der Waals surface area (Å²) in [5.41, 5.74) is 6.46. The molecule has 0 heterocycles. The molecule has 1 aromatic rings. The first-order chi connectivity index (χ1) is 17.5. The van der Waals surface area contributed by atoms with Gasteiger partial charge in [0.1, 0.15) is 31.0 Å². The lowest BCUT2D eigenvalue weighted by molar-refractivity contribution is -0.152. The van der Waals surface area contributed by atoms with Crippen LogP contribution in [0.15, 0.2) is 18.2 Å². The molecular weight excluding hydrogens is 490 g/mol. The highest BCUT2D eigenvalue weighted by molar-refractivity contribution is 5.76. The van der Waals surface area contributed by atoms with Crippen LogP contribution in [-0.2, 0) is 34.9 Å². The van der Waals surface area contributed by atoms with Gasteiger partial charge in [-0.2, -0.15) is 0 Å². The fourth-order valence-electron chi connectivity index (χ4n) is 2.57. The van der Waals surface area contributed by atoms with Crippen molar-refractivity contribution in [2.75, 3.05) is 13.2 Å². The fraction of sp³-hybridized carbons (Fsp3) is 0.600. The van der Waals surface area contributed by atoms with Gasteiger partial charge in [0.2, 0.25) is 0 Å². The molecule has 0 amide bonds. The summed E-state index contributed by atoms with van der Waals surface area (Å²) in [6.07, 6.45) is -3.21. The van der Waals surface area contributed by atoms with Gasteiger partial charge in [0.05, 0.1) is 6.61 Å². The Balaban J connectivity index is 2.92. The van der Waals surface area contributed by atoms with E-state index in [1.807, 2.05) is 13.8 Å². The highest BCUT2D eigenvalue weighted by Gasteiger charge is 2.23. The Kier molecular flexibility index (Phi) is 13.8. The molecule has 12 nitrogen and oxygen atoms in total. The van der Waals surface area contributed by atoms with E-state index in [-0.39, 0.29) is 37.2 Å². The zero-order valence-corrected chi connectivity index (χ0v) is 22.1. The number of benzene rings is 1. The van der Waals surface area contributed by atoms with E-state index in [9.17, 15) is 19.2 Å². The Morgan fingerprint density at radius 3 is 1.86 bits per heavy atom. The van der Waals surface area contributed by atoms with Crippen molar-refractivity contribution in [3.05, 3.63) is 23.8 Å². The van der Waals surface area contributed by atoms with E-state index in [4.69, 9.17) is 34.2 Å². The van der Waals surface area contributed by atoms with Crippen molar-refractivity contribution < 1.29 is 52.3 Å². The third-order valence-corrected chi connectivity index (χ3v) is 4.91. The maximum atomic E-state index is 12.4. The lowest BCUT2D eigenvalue weighted by Crippen LogP contribution is -2.37. The lowest BCUT2D eigenvalue weighted by Gasteiger charge is -2.18. The van der Waals surface area contributed by atoms with Crippen molar-refractivity contribution in [1.82, 2.24) is 0 Å². The second-order valence-corrected chi connectivity index (χ2v) is 8.21. The van der Waals surface area contributed by atoms with Gasteiger partial charge in [0, 0.05) is 0 Å². The van der Waals surface area contributed by atoms with Crippen LogP contribution in [0.1, 0.15) is 59.9 Å². The van der Waals surface area contributed by atoms with Crippen LogP contribution in [0.25, 0.3) is 0 Å². The Bertz CT molecular complexity index is 905. The molecule has 12 heteroatoms. The van der Waals surface area contributed by atoms with Crippen LogP contribution in [0.4, 0.5) is 14.4 Å². The highest BCUT2D eigenvalue weighted by atomic mass is 16.8. The first-order valence-electron chi connectivity index (χ1n) is 12.1. The number of carbonyl (C=O) groups excluding carboxylic acids is 4. The van der Waals surface area contributed by atoms with Gasteiger partial charge in [-0.15, -0.1) is 0 Å². The molecule has 0 aromatic heterocycles. The van der Waals surface area contributed by atoms with Crippen LogP contribution in [0.5, 0.6) is 11.5 Å². The van der Waals surface area contributed by atoms with E-state index >= 15 is 0 Å². The van der Waals surface area contributed by atoms with Crippen molar-refractivity contribution >= 4 is 24.4 Å². The number of carbonyl (C=O) groups is 4. The maximum Gasteiger partial charge on any atom is 0.514 e. The predicted molar refractivity (Wildman–Crippen MR) is 130 cm³/mol. The van der Waals surface area contributed by atoms with Gasteiger partial charge in [-0.05, 0) is 64.7 Å². The zero-order valence-electron chi connectivity index (χ0n) is 22.1. The van der Waals surface area contributed by atoms with Gasteiger partial charge in [0.15, 0.2) is 11.5 Å². The van der Waals surface area contributed by atoms with Gasteiger partial charge in [-0.3, -0.25) is 4.79 Å². The van der Waals surface area contributed by atoms with Crippen molar-refractivity contribution in [2.45, 2.75) is 85.2 Å². The summed E-state index contributed by atoms with van der Waals surface area (Å²) in [5.74, 6) is -0.946. The molecule has 4 atom stereocenters. The molecule has 37 heavy (non-hydrogen) atoms. The van der Waals surface area contributed by atoms with Crippen LogP contribution in [0, 0.1) is 0 Å². The quantitative estimate of drug-likeness (QED) is 0.221. The number of hydrogen-bond acceptors (Lipinski definition) is 12. The SMILES string of the molecule is CCOC(=O)OCC(C)OC(=O)[C@@H](N)Cc1ccc(OC(=O)O[C@@H](C)CC)c(OC(=O)OC(C)CC)c1. The van der Waals surface area contributed by atoms with Gasteiger partial charge in [0.25, 0.3) is 0 Å². The molecule has 0 radical (unpaired) electrons. The summed E-state index contributed by atoms with van der Waals surface area (Å²) in [6, 6.07) is 3.23. The Morgan fingerprint density at radius 1 is 0.757 bits per heavy atom. The Hall–Kier alpha value is -3.54. The average molecular weight is 528 g/mol. The summed E-state index contributed by atoms with van der Waals surface area (Å²) in [7, 11) is 0.